The number of hydrogen-bond acceptors (Lipinski definition) is 2. The van der Waals surface area contributed by atoms with Crippen molar-refractivity contribution in [3.63, 3.8) is 0 Å². The molecule has 5 heteroatoms. The van der Waals surface area contributed by atoms with Crippen LogP contribution in [0.1, 0.15) is 53.4 Å². The first-order chi connectivity index (χ1) is 9.67. The highest BCUT2D eigenvalue weighted by molar-refractivity contribution is 14.0. The average molecular weight is 410 g/mol. The third-order valence-electron chi connectivity index (χ3n) is 3.97. The lowest BCUT2D eigenvalue weighted by atomic mass is 10.0. The normalized spacial score (nSPS) is 20.2. The van der Waals surface area contributed by atoms with E-state index in [1.807, 2.05) is 0 Å². The Kier molecular flexibility index (Phi) is 12.5. The van der Waals surface area contributed by atoms with Gasteiger partial charge in [0.1, 0.15) is 0 Å². The van der Waals surface area contributed by atoms with Crippen molar-refractivity contribution in [3.05, 3.63) is 0 Å². The van der Waals surface area contributed by atoms with Crippen LogP contribution in [0, 0.1) is 5.92 Å². The van der Waals surface area contributed by atoms with Gasteiger partial charge in [-0.3, -0.25) is 9.89 Å². The van der Waals surface area contributed by atoms with Gasteiger partial charge < -0.3 is 10.6 Å². The molecular formula is C16H35IN4. The fourth-order valence-electron chi connectivity index (χ4n) is 2.70. The molecular weight excluding hydrogens is 375 g/mol. The number of hydrogen-bond donors (Lipinski definition) is 2. The highest BCUT2D eigenvalue weighted by Gasteiger charge is 2.20. The molecule has 0 spiro atoms. The van der Waals surface area contributed by atoms with E-state index in [4.69, 9.17) is 4.99 Å². The lowest BCUT2D eigenvalue weighted by Gasteiger charge is -2.34. The second kappa shape index (κ2) is 12.5. The van der Waals surface area contributed by atoms with Gasteiger partial charge >= 0.3 is 0 Å². The van der Waals surface area contributed by atoms with Crippen LogP contribution in [0.15, 0.2) is 4.99 Å². The van der Waals surface area contributed by atoms with Gasteiger partial charge in [0, 0.05) is 19.1 Å². The van der Waals surface area contributed by atoms with E-state index in [9.17, 15) is 0 Å². The smallest absolute Gasteiger partial charge is 0.191 e. The molecule has 1 atom stereocenters. The Hall–Kier alpha value is -0.0400. The van der Waals surface area contributed by atoms with E-state index in [2.05, 4.69) is 43.2 Å². The molecule has 0 aliphatic carbocycles. The van der Waals surface area contributed by atoms with Crippen LogP contribution in [0.25, 0.3) is 0 Å². The SMILES string of the molecule is CCNC(=NCC1CCCCN1CC)NCCC(C)C.I. The Morgan fingerprint density at radius 3 is 2.62 bits per heavy atom. The summed E-state index contributed by atoms with van der Waals surface area (Å²) in [5.41, 5.74) is 0. The lowest BCUT2D eigenvalue weighted by molar-refractivity contribution is 0.161. The predicted molar refractivity (Wildman–Crippen MR) is 104 cm³/mol. The summed E-state index contributed by atoms with van der Waals surface area (Å²) >= 11 is 0. The van der Waals surface area contributed by atoms with Crippen molar-refractivity contribution >= 4 is 29.9 Å². The molecule has 1 heterocycles. The van der Waals surface area contributed by atoms with Gasteiger partial charge in [-0.25, -0.2) is 0 Å². The second-order valence-corrected chi connectivity index (χ2v) is 6.11. The summed E-state index contributed by atoms with van der Waals surface area (Å²) in [7, 11) is 0. The topological polar surface area (TPSA) is 39.7 Å². The van der Waals surface area contributed by atoms with Crippen molar-refractivity contribution < 1.29 is 0 Å². The van der Waals surface area contributed by atoms with Crippen molar-refractivity contribution in [2.75, 3.05) is 32.7 Å². The maximum absolute atomic E-state index is 4.78. The Morgan fingerprint density at radius 1 is 1.24 bits per heavy atom. The molecule has 0 aromatic heterocycles. The van der Waals surface area contributed by atoms with Gasteiger partial charge in [0.15, 0.2) is 5.96 Å². The first-order valence-corrected chi connectivity index (χ1v) is 8.43. The van der Waals surface area contributed by atoms with E-state index in [1.54, 1.807) is 0 Å². The summed E-state index contributed by atoms with van der Waals surface area (Å²) in [6.07, 6.45) is 5.19. The first kappa shape index (κ1) is 21.0. The van der Waals surface area contributed by atoms with Crippen molar-refractivity contribution in [1.29, 1.82) is 0 Å². The highest BCUT2D eigenvalue weighted by Crippen LogP contribution is 2.16. The van der Waals surface area contributed by atoms with E-state index in [1.165, 1.54) is 32.2 Å². The summed E-state index contributed by atoms with van der Waals surface area (Å²) in [6, 6.07) is 0.634. The Morgan fingerprint density at radius 2 is 2.00 bits per heavy atom. The molecule has 0 amide bonds. The Bertz CT molecular complexity index is 281. The summed E-state index contributed by atoms with van der Waals surface area (Å²) < 4.78 is 0. The zero-order chi connectivity index (χ0) is 14.8. The maximum Gasteiger partial charge on any atom is 0.191 e. The molecule has 1 rings (SSSR count). The minimum absolute atomic E-state index is 0. The third-order valence-corrected chi connectivity index (χ3v) is 3.97. The van der Waals surface area contributed by atoms with Crippen LogP contribution in [0.4, 0.5) is 0 Å². The minimum atomic E-state index is 0. The van der Waals surface area contributed by atoms with Gasteiger partial charge in [-0.15, -0.1) is 24.0 Å². The Labute approximate surface area is 148 Å². The number of aliphatic imine (C=N–C) groups is 1. The van der Waals surface area contributed by atoms with Crippen molar-refractivity contribution in [3.8, 4) is 0 Å². The largest absolute Gasteiger partial charge is 0.357 e. The molecule has 0 radical (unpaired) electrons. The monoisotopic (exact) mass is 410 g/mol. The van der Waals surface area contributed by atoms with Crippen molar-refractivity contribution in [1.82, 2.24) is 15.5 Å². The number of guanidine groups is 1. The third kappa shape index (κ3) is 8.86. The molecule has 0 bridgehead atoms. The number of likely N-dealkylation sites (tertiary alicyclic amines) is 1. The molecule has 0 aromatic rings. The second-order valence-electron chi connectivity index (χ2n) is 6.11. The number of halogens is 1. The maximum atomic E-state index is 4.78. The molecule has 0 saturated carbocycles. The molecule has 21 heavy (non-hydrogen) atoms. The molecule has 1 unspecified atom stereocenters. The first-order valence-electron chi connectivity index (χ1n) is 8.43. The van der Waals surface area contributed by atoms with Gasteiger partial charge in [-0.2, -0.15) is 0 Å². The number of rotatable bonds is 7. The number of nitrogens with one attached hydrogen (secondary N) is 2. The molecule has 1 saturated heterocycles. The average Bonchev–Trinajstić information content (AvgIpc) is 2.44. The van der Waals surface area contributed by atoms with Crippen LogP contribution in [-0.4, -0.2) is 49.6 Å². The quantitative estimate of drug-likeness (QED) is 0.385. The fourth-order valence-corrected chi connectivity index (χ4v) is 2.70. The van der Waals surface area contributed by atoms with E-state index >= 15 is 0 Å². The minimum Gasteiger partial charge on any atom is -0.357 e. The van der Waals surface area contributed by atoms with Crippen molar-refractivity contribution in [2.24, 2.45) is 10.9 Å². The summed E-state index contributed by atoms with van der Waals surface area (Å²) in [5, 5.41) is 6.79. The van der Waals surface area contributed by atoms with Gasteiger partial charge in [-0.05, 0) is 45.2 Å². The van der Waals surface area contributed by atoms with Gasteiger partial charge in [0.05, 0.1) is 6.54 Å². The highest BCUT2D eigenvalue weighted by atomic mass is 127. The lowest BCUT2D eigenvalue weighted by Crippen LogP contribution is -2.43. The van der Waals surface area contributed by atoms with Gasteiger partial charge in [0.2, 0.25) is 0 Å². The predicted octanol–water partition coefficient (Wildman–Crippen LogP) is 3.08. The van der Waals surface area contributed by atoms with Gasteiger partial charge in [0.25, 0.3) is 0 Å². The van der Waals surface area contributed by atoms with Gasteiger partial charge in [-0.1, -0.05) is 27.2 Å². The summed E-state index contributed by atoms with van der Waals surface area (Å²) in [4.78, 5) is 7.36. The molecule has 0 aromatic carbocycles. The van der Waals surface area contributed by atoms with Crippen LogP contribution < -0.4 is 10.6 Å². The fraction of sp³-hybridized carbons (Fsp3) is 0.938. The molecule has 1 fully saturated rings. The van der Waals surface area contributed by atoms with Crippen LogP contribution in [0.2, 0.25) is 0 Å². The van der Waals surface area contributed by atoms with E-state index in [0.717, 1.165) is 38.1 Å². The van der Waals surface area contributed by atoms with Crippen LogP contribution in [-0.2, 0) is 0 Å². The van der Waals surface area contributed by atoms with Crippen LogP contribution >= 0.6 is 24.0 Å². The standard InChI is InChI=1S/C16H34N4.HI/c1-5-17-16(18-11-10-14(3)4)19-13-15-9-7-8-12-20(15)6-2;/h14-15H,5-13H2,1-4H3,(H2,17,18,19);1H. The number of nitrogens with zero attached hydrogens (tertiary/aromatic N) is 2. The number of piperidine rings is 1. The molecule has 2 N–H and O–H groups in total. The van der Waals surface area contributed by atoms with Crippen LogP contribution in [0.3, 0.4) is 0 Å². The van der Waals surface area contributed by atoms with Crippen molar-refractivity contribution in [2.45, 2.75) is 59.4 Å². The Balaban J connectivity index is 0.00000400. The zero-order valence-corrected chi connectivity index (χ0v) is 16.7. The zero-order valence-electron chi connectivity index (χ0n) is 14.3. The molecule has 1 aliphatic rings. The summed E-state index contributed by atoms with van der Waals surface area (Å²) in [5.74, 6) is 1.72. The number of likely N-dealkylation sites (N-methyl/N-ethyl adjacent to an activating group) is 1. The van der Waals surface area contributed by atoms with E-state index in [-0.39, 0.29) is 24.0 Å². The molecule has 1 aliphatic heterocycles. The molecule has 126 valence electrons. The summed E-state index contributed by atoms with van der Waals surface area (Å²) in [6.45, 7) is 14.1. The molecule has 4 nitrogen and oxygen atoms in total. The van der Waals surface area contributed by atoms with E-state index in [0.29, 0.717) is 6.04 Å². The van der Waals surface area contributed by atoms with Crippen LogP contribution in [0.5, 0.6) is 0 Å². The van der Waals surface area contributed by atoms with E-state index < -0.39 is 0 Å².